The van der Waals surface area contributed by atoms with E-state index in [0.717, 1.165) is 32.2 Å². The van der Waals surface area contributed by atoms with Crippen molar-refractivity contribution < 1.29 is 9.05 Å². The van der Waals surface area contributed by atoms with E-state index in [0.29, 0.717) is 5.92 Å². The first-order chi connectivity index (χ1) is 5.67. The third-order valence-electron chi connectivity index (χ3n) is 2.53. The first-order valence-corrected chi connectivity index (χ1v) is 7.33. The lowest BCUT2D eigenvalue weighted by atomic mass is 9.89. The van der Waals surface area contributed by atoms with Gasteiger partial charge in [-0.2, -0.15) is 0 Å². The molecule has 0 spiro atoms. The predicted octanol–water partition coefficient (Wildman–Crippen LogP) is 0.808. The highest BCUT2D eigenvalue weighted by atomic mass is 32.5. The fraction of sp³-hybridized carbons (Fsp3) is 1.00. The quantitative estimate of drug-likeness (QED) is 0.644. The first kappa shape index (κ1) is 9.10. The molecule has 3 nitrogen and oxygen atoms in total. The van der Waals surface area contributed by atoms with Gasteiger partial charge in [0.2, 0.25) is 0 Å². The van der Waals surface area contributed by atoms with Gasteiger partial charge >= 0.3 is 0 Å². The zero-order valence-corrected chi connectivity index (χ0v) is 8.87. The zero-order chi connectivity index (χ0) is 8.60. The topological polar surface area (TPSA) is 30.5 Å². The van der Waals surface area contributed by atoms with E-state index < -0.39 is 6.49 Å². The molecule has 0 amide bonds. The van der Waals surface area contributed by atoms with Gasteiger partial charge in [0, 0.05) is 12.6 Å². The third kappa shape index (κ3) is 1.88. The first-order valence-electron chi connectivity index (χ1n) is 4.25. The van der Waals surface area contributed by atoms with E-state index in [1.807, 2.05) is 6.66 Å². The highest BCUT2D eigenvalue weighted by Gasteiger charge is 2.32. The Kier molecular flexibility index (Phi) is 2.54. The van der Waals surface area contributed by atoms with Gasteiger partial charge < -0.3 is 14.4 Å². The molecule has 0 aromatic rings. The number of nitrogens with one attached hydrogen (secondary N) is 1. The van der Waals surface area contributed by atoms with E-state index in [1.54, 1.807) is 0 Å². The van der Waals surface area contributed by atoms with Crippen molar-refractivity contribution in [3.05, 3.63) is 0 Å². The largest absolute Gasteiger partial charge is 0.329 e. The fourth-order valence-corrected chi connectivity index (χ4v) is 2.83. The molecule has 2 fully saturated rings. The maximum absolute atomic E-state index is 5.51. The number of rotatable bonds is 1. The Morgan fingerprint density at radius 2 is 1.83 bits per heavy atom. The zero-order valence-electron chi connectivity index (χ0n) is 7.16. The average molecular weight is 207 g/mol. The van der Waals surface area contributed by atoms with Crippen LogP contribution in [0.5, 0.6) is 0 Å². The Balaban J connectivity index is 1.85. The van der Waals surface area contributed by atoms with Crippen molar-refractivity contribution in [2.45, 2.75) is 0 Å². The highest BCUT2D eigenvalue weighted by Crippen LogP contribution is 2.48. The van der Waals surface area contributed by atoms with E-state index in [-0.39, 0.29) is 0 Å². The van der Waals surface area contributed by atoms with Crippen molar-refractivity contribution >= 4 is 18.3 Å². The summed E-state index contributed by atoms with van der Waals surface area (Å²) in [7, 11) is 0. The van der Waals surface area contributed by atoms with Crippen LogP contribution in [0.3, 0.4) is 0 Å². The normalized spacial score (nSPS) is 43.9. The number of hydrogen-bond donors (Lipinski definition) is 1. The summed E-state index contributed by atoms with van der Waals surface area (Å²) in [5.41, 5.74) is 0. The molecule has 0 atom stereocenters. The summed E-state index contributed by atoms with van der Waals surface area (Å²) >= 11 is 5.14. The Labute approximate surface area is 78.0 Å². The van der Waals surface area contributed by atoms with Crippen molar-refractivity contribution in [3.63, 3.8) is 0 Å². The van der Waals surface area contributed by atoms with Gasteiger partial charge in [0.1, 0.15) is 0 Å². The molecule has 0 unspecified atom stereocenters. The van der Waals surface area contributed by atoms with Gasteiger partial charge in [0.05, 0.1) is 13.2 Å². The molecule has 0 bridgehead atoms. The molecule has 2 aliphatic heterocycles. The maximum Gasteiger partial charge on any atom is 0.185 e. The van der Waals surface area contributed by atoms with Crippen LogP contribution in [-0.4, -0.2) is 33.0 Å². The second-order valence-electron chi connectivity index (χ2n) is 3.54. The molecule has 0 saturated carbocycles. The SMILES string of the molecule is CP1(=S)OCC(C2CNC2)CO1. The molecular weight excluding hydrogens is 193 g/mol. The van der Waals surface area contributed by atoms with Crippen molar-refractivity contribution in [2.24, 2.45) is 11.8 Å². The van der Waals surface area contributed by atoms with Gasteiger partial charge in [0.25, 0.3) is 0 Å². The molecule has 2 saturated heterocycles. The van der Waals surface area contributed by atoms with Crippen LogP contribution in [-0.2, 0) is 20.9 Å². The van der Waals surface area contributed by atoms with Gasteiger partial charge in [-0.05, 0) is 30.8 Å². The maximum atomic E-state index is 5.51. The van der Waals surface area contributed by atoms with E-state index in [2.05, 4.69) is 5.32 Å². The Morgan fingerprint density at radius 3 is 2.25 bits per heavy atom. The van der Waals surface area contributed by atoms with Crippen LogP contribution in [0, 0.1) is 11.8 Å². The molecule has 5 heteroatoms. The van der Waals surface area contributed by atoms with E-state index in [4.69, 9.17) is 20.9 Å². The summed E-state index contributed by atoms with van der Waals surface area (Å²) in [6.07, 6.45) is 0. The van der Waals surface area contributed by atoms with E-state index in [9.17, 15) is 0 Å². The van der Waals surface area contributed by atoms with Crippen molar-refractivity contribution in [1.29, 1.82) is 0 Å². The summed E-state index contributed by atoms with van der Waals surface area (Å²) in [6.45, 7) is 3.90. The third-order valence-corrected chi connectivity index (χ3v) is 4.39. The molecule has 0 aromatic heterocycles. The van der Waals surface area contributed by atoms with Crippen LogP contribution in [0.4, 0.5) is 0 Å². The fourth-order valence-electron chi connectivity index (χ4n) is 1.46. The van der Waals surface area contributed by atoms with Crippen LogP contribution in [0.25, 0.3) is 0 Å². The van der Waals surface area contributed by atoms with E-state index >= 15 is 0 Å². The van der Waals surface area contributed by atoms with Crippen LogP contribution < -0.4 is 5.32 Å². The predicted molar refractivity (Wildman–Crippen MR) is 52.0 cm³/mol. The summed E-state index contributed by atoms with van der Waals surface area (Å²) in [6, 6.07) is 0. The van der Waals surface area contributed by atoms with Crippen LogP contribution in [0.15, 0.2) is 0 Å². The molecule has 0 radical (unpaired) electrons. The average Bonchev–Trinajstić information content (AvgIpc) is 1.89. The highest BCUT2D eigenvalue weighted by molar-refractivity contribution is 8.09. The van der Waals surface area contributed by atoms with Crippen molar-refractivity contribution in [3.8, 4) is 0 Å². The molecule has 70 valence electrons. The summed E-state index contributed by atoms with van der Waals surface area (Å²) in [5, 5.41) is 3.25. The molecule has 0 aromatic carbocycles. The number of hydrogen-bond acceptors (Lipinski definition) is 4. The standard InChI is InChI=1S/C7H14NO2PS/c1-11(12)9-4-7(5-10-11)6-2-8-3-6/h6-8H,2-5H2,1H3. The molecule has 0 aliphatic carbocycles. The molecule has 1 N–H and O–H groups in total. The van der Waals surface area contributed by atoms with Crippen LogP contribution >= 0.6 is 6.49 Å². The van der Waals surface area contributed by atoms with Crippen molar-refractivity contribution in [2.75, 3.05) is 33.0 Å². The molecule has 12 heavy (non-hydrogen) atoms. The minimum Gasteiger partial charge on any atom is -0.329 e. The Hall–Kier alpha value is 0.530. The molecule has 2 heterocycles. The molecule has 2 aliphatic rings. The molecular formula is C7H14NO2PS. The monoisotopic (exact) mass is 207 g/mol. The van der Waals surface area contributed by atoms with Gasteiger partial charge in [0.15, 0.2) is 6.49 Å². The van der Waals surface area contributed by atoms with E-state index in [1.165, 1.54) is 0 Å². The van der Waals surface area contributed by atoms with Crippen LogP contribution in [0.2, 0.25) is 0 Å². The van der Waals surface area contributed by atoms with Gasteiger partial charge in [-0.3, -0.25) is 0 Å². The summed E-state index contributed by atoms with van der Waals surface area (Å²) < 4.78 is 11.0. The lowest BCUT2D eigenvalue weighted by molar-refractivity contribution is 0.0629. The molecule has 2 rings (SSSR count). The van der Waals surface area contributed by atoms with Gasteiger partial charge in [-0.15, -0.1) is 0 Å². The minimum atomic E-state index is -1.84. The van der Waals surface area contributed by atoms with Gasteiger partial charge in [-0.1, -0.05) is 0 Å². The second kappa shape index (κ2) is 3.35. The Bertz CT molecular complexity index is 207. The summed E-state index contributed by atoms with van der Waals surface area (Å²) in [4.78, 5) is 0. The Morgan fingerprint density at radius 1 is 1.25 bits per heavy atom. The minimum absolute atomic E-state index is 0.572. The van der Waals surface area contributed by atoms with Crippen LogP contribution in [0.1, 0.15) is 0 Å². The lowest BCUT2D eigenvalue weighted by Crippen LogP contribution is -2.49. The summed E-state index contributed by atoms with van der Waals surface area (Å²) in [5.74, 6) is 1.32. The second-order valence-corrected chi connectivity index (χ2v) is 7.59. The smallest absolute Gasteiger partial charge is 0.185 e. The van der Waals surface area contributed by atoms with Gasteiger partial charge in [-0.25, -0.2) is 0 Å². The van der Waals surface area contributed by atoms with Crippen molar-refractivity contribution in [1.82, 2.24) is 5.32 Å². The lowest BCUT2D eigenvalue weighted by Gasteiger charge is -2.38.